The Morgan fingerprint density at radius 1 is 0.900 bits per heavy atom. The molecular weight excluding hydrogens is 285 g/mol. The molecule has 20 heavy (non-hydrogen) atoms. The van der Waals surface area contributed by atoms with Gasteiger partial charge in [-0.05, 0) is 25.9 Å². The summed E-state index contributed by atoms with van der Waals surface area (Å²) in [6, 6.07) is 0. The summed E-state index contributed by atoms with van der Waals surface area (Å²) in [6.45, 7) is 1.07. The Hall–Kier alpha value is -1.70. The van der Waals surface area contributed by atoms with Gasteiger partial charge in [-0.1, -0.05) is 0 Å². The van der Waals surface area contributed by atoms with E-state index in [2.05, 4.69) is 5.32 Å². The van der Waals surface area contributed by atoms with Crippen LogP contribution in [0.15, 0.2) is 0 Å². The van der Waals surface area contributed by atoms with Gasteiger partial charge in [-0.3, -0.25) is 0 Å². The second-order valence-corrected chi connectivity index (χ2v) is 4.30. The molecule has 1 saturated heterocycles. The Labute approximate surface area is 110 Å². The maximum absolute atomic E-state index is 13.4. The summed E-state index contributed by atoms with van der Waals surface area (Å²) in [7, 11) is 0. The average molecular weight is 295 g/mol. The van der Waals surface area contributed by atoms with Crippen molar-refractivity contribution in [2.45, 2.75) is 18.9 Å². The first kappa shape index (κ1) is 14.7. The molecule has 8 heteroatoms. The Morgan fingerprint density at radius 3 is 1.85 bits per heavy atom. The number of rotatable bonds is 2. The number of hydrogen-bond acceptors (Lipinski definition) is 3. The second-order valence-electron chi connectivity index (χ2n) is 4.30. The minimum Gasteiger partial charge on any atom is -0.459 e. The molecule has 1 aromatic carbocycles. The zero-order valence-corrected chi connectivity index (χ0v) is 10.1. The second kappa shape index (κ2) is 5.74. The molecule has 0 aliphatic carbocycles. The van der Waals surface area contributed by atoms with Gasteiger partial charge in [0, 0.05) is 0 Å². The number of ether oxygens (including phenoxy) is 1. The van der Waals surface area contributed by atoms with Crippen molar-refractivity contribution in [2.24, 2.45) is 0 Å². The molecule has 1 aromatic rings. The van der Waals surface area contributed by atoms with Crippen molar-refractivity contribution in [1.82, 2.24) is 5.32 Å². The van der Waals surface area contributed by atoms with Crippen LogP contribution in [0.25, 0.3) is 0 Å². The van der Waals surface area contributed by atoms with Crippen molar-refractivity contribution < 1.29 is 31.5 Å². The number of halogens is 5. The fourth-order valence-electron chi connectivity index (χ4n) is 1.91. The van der Waals surface area contributed by atoms with Crippen molar-refractivity contribution >= 4 is 5.97 Å². The van der Waals surface area contributed by atoms with E-state index in [1.54, 1.807) is 0 Å². The molecule has 3 nitrogen and oxygen atoms in total. The molecule has 1 heterocycles. The Bertz CT molecular complexity index is 514. The van der Waals surface area contributed by atoms with E-state index in [0.29, 0.717) is 25.9 Å². The summed E-state index contributed by atoms with van der Waals surface area (Å²) in [5, 5.41) is 2.97. The van der Waals surface area contributed by atoms with Crippen molar-refractivity contribution in [3.63, 3.8) is 0 Å². The number of piperidine rings is 1. The third-order valence-electron chi connectivity index (χ3n) is 2.97. The van der Waals surface area contributed by atoms with E-state index in [4.69, 9.17) is 4.74 Å². The minimum absolute atomic E-state index is 0.404. The van der Waals surface area contributed by atoms with E-state index >= 15 is 0 Å². The van der Waals surface area contributed by atoms with Crippen LogP contribution in [0.1, 0.15) is 23.2 Å². The van der Waals surface area contributed by atoms with Gasteiger partial charge in [0.15, 0.2) is 23.3 Å². The van der Waals surface area contributed by atoms with Crippen molar-refractivity contribution in [1.29, 1.82) is 0 Å². The molecule has 1 N–H and O–H groups in total. The number of carbonyl (C=O) groups is 1. The highest BCUT2D eigenvalue weighted by molar-refractivity contribution is 5.90. The first-order chi connectivity index (χ1) is 9.43. The van der Waals surface area contributed by atoms with Gasteiger partial charge in [-0.15, -0.1) is 0 Å². The van der Waals surface area contributed by atoms with Crippen LogP contribution in [0, 0.1) is 29.1 Å². The summed E-state index contributed by atoms with van der Waals surface area (Å²) in [5.41, 5.74) is -1.56. The SMILES string of the molecule is O=C(OC1CCNCC1)c1c(F)c(F)c(F)c(F)c1F. The Kier molecular flexibility index (Phi) is 4.22. The van der Waals surface area contributed by atoms with Crippen LogP contribution >= 0.6 is 0 Å². The highest BCUT2D eigenvalue weighted by Gasteiger charge is 2.32. The summed E-state index contributed by atoms with van der Waals surface area (Å²) in [6.07, 6.45) is 0.196. The summed E-state index contributed by atoms with van der Waals surface area (Å²) < 4.78 is 70.3. The van der Waals surface area contributed by atoms with E-state index in [1.165, 1.54) is 0 Å². The van der Waals surface area contributed by atoms with Gasteiger partial charge < -0.3 is 10.1 Å². The minimum atomic E-state index is -2.31. The normalized spacial score (nSPS) is 16.2. The summed E-state index contributed by atoms with van der Waals surface area (Å²) in [4.78, 5) is 11.6. The smallest absolute Gasteiger partial charge is 0.344 e. The quantitative estimate of drug-likeness (QED) is 0.394. The van der Waals surface area contributed by atoms with Crippen LogP contribution in [-0.4, -0.2) is 25.2 Å². The lowest BCUT2D eigenvalue weighted by atomic mass is 10.1. The van der Waals surface area contributed by atoms with Gasteiger partial charge in [0.2, 0.25) is 5.82 Å². The van der Waals surface area contributed by atoms with E-state index in [-0.39, 0.29) is 0 Å². The third kappa shape index (κ3) is 2.60. The molecule has 0 amide bonds. The van der Waals surface area contributed by atoms with Crippen LogP contribution in [0.3, 0.4) is 0 Å². The number of benzene rings is 1. The average Bonchev–Trinajstić information content (AvgIpc) is 2.44. The van der Waals surface area contributed by atoms with E-state index in [9.17, 15) is 26.7 Å². The molecule has 0 spiro atoms. The molecule has 1 aliphatic rings. The lowest BCUT2D eigenvalue weighted by molar-refractivity contribution is 0.0216. The van der Waals surface area contributed by atoms with E-state index < -0.39 is 46.7 Å². The topological polar surface area (TPSA) is 38.3 Å². The molecule has 0 unspecified atom stereocenters. The zero-order chi connectivity index (χ0) is 14.9. The molecule has 2 rings (SSSR count). The molecule has 0 bridgehead atoms. The van der Waals surface area contributed by atoms with Crippen LogP contribution in [0.4, 0.5) is 22.0 Å². The number of esters is 1. The van der Waals surface area contributed by atoms with Gasteiger partial charge in [0.05, 0.1) is 0 Å². The summed E-state index contributed by atoms with van der Waals surface area (Å²) >= 11 is 0. The largest absolute Gasteiger partial charge is 0.459 e. The number of hydrogen-bond donors (Lipinski definition) is 1. The van der Waals surface area contributed by atoms with Crippen LogP contribution in [0.2, 0.25) is 0 Å². The van der Waals surface area contributed by atoms with Gasteiger partial charge >= 0.3 is 5.97 Å². The first-order valence-corrected chi connectivity index (χ1v) is 5.86. The standard InChI is InChI=1S/C12H10F5NO2/c13-7-6(8(14)10(16)11(17)9(7)15)12(19)20-5-1-3-18-4-2-5/h5,18H,1-4H2. The summed E-state index contributed by atoms with van der Waals surface area (Å²) in [5.74, 6) is -12.5. The predicted molar refractivity (Wildman–Crippen MR) is 57.5 cm³/mol. The van der Waals surface area contributed by atoms with Gasteiger partial charge in [0.1, 0.15) is 11.7 Å². The van der Waals surface area contributed by atoms with E-state index in [1.807, 2.05) is 0 Å². The maximum Gasteiger partial charge on any atom is 0.344 e. The van der Waals surface area contributed by atoms with Crippen LogP contribution < -0.4 is 5.32 Å². The molecule has 0 atom stereocenters. The molecule has 110 valence electrons. The maximum atomic E-state index is 13.4. The number of nitrogens with one attached hydrogen (secondary N) is 1. The molecule has 1 fully saturated rings. The van der Waals surface area contributed by atoms with Crippen molar-refractivity contribution in [3.05, 3.63) is 34.6 Å². The Morgan fingerprint density at radius 2 is 1.35 bits per heavy atom. The monoisotopic (exact) mass is 295 g/mol. The molecule has 0 radical (unpaired) electrons. The van der Waals surface area contributed by atoms with Crippen LogP contribution in [0.5, 0.6) is 0 Å². The number of carbonyl (C=O) groups excluding carboxylic acids is 1. The third-order valence-corrected chi connectivity index (χ3v) is 2.97. The molecule has 0 saturated carbocycles. The molecular formula is C12H10F5NO2. The zero-order valence-electron chi connectivity index (χ0n) is 10.1. The highest BCUT2D eigenvalue weighted by Crippen LogP contribution is 2.24. The highest BCUT2D eigenvalue weighted by atomic mass is 19.2. The van der Waals surface area contributed by atoms with Crippen LogP contribution in [-0.2, 0) is 4.74 Å². The molecule has 0 aromatic heterocycles. The van der Waals surface area contributed by atoms with Gasteiger partial charge in [-0.25, -0.2) is 26.7 Å². The fourth-order valence-corrected chi connectivity index (χ4v) is 1.91. The fraction of sp³-hybridized carbons (Fsp3) is 0.417. The van der Waals surface area contributed by atoms with Gasteiger partial charge in [0.25, 0.3) is 0 Å². The predicted octanol–water partition coefficient (Wildman–Crippen LogP) is 2.29. The Balaban J connectivity index is 2.30. The first-order valence-electron chi connectivity index (χ1n) is 5.86. The lowest BCUT2D eigenvalue weighted by Gasteiger charge is -2.22. The van der Waals surface area contributed by atoms with Gasteiger partial charge in [-0.2, -0.15) is 0 Å². The lowest BCUT2D eigenvalue weighted by Crippen LogP contribution is -2.34. The van der Waals surface area contributed by atoms with Crippen molar-refractivity contribution in [3.8, 4) is 0 Å². The van der Waals surface area contributed by atoms with Crippen molar-refractivity contribution in [2.75, 3.05) is 13.1 Å². The van der Waals surface area contributed by atoms with E-state index in [0.717, 1.165) is 0 Å². The molecule has 1 aliphatic heterocycles.